The van der Waals surface area contributed by atoms with Gasteiger partial charge in [0.1, 0.15) is 0 Å². The first-order valence-corrected chi connectivity index (χ1v) is 9.19. The van der Waals surface area contributed by atoms with E-state index >= 15 is 0 Å². The molecule has 1 aromatic rings. The molecule has 0 amide bonds. The Kier molecular flexibility index (Phi) is 6.85. The molecule has 0 aliphatic rings. The Morgan fingerprint density at radius 2 is 1.89 bits per heavy atom. The first-order valence-electron chi connectivity index (χ1n) is 6.31. The van der Waals surface area contributed by atoms with Crippen molar-refractivity contribution >= 4 is 21.8 Å². The van der Waals surface area contributed by atoms with Gasteiger partial charge in [-0.25, -0.2) is 13.1 Å². The molecule has 1 aromatic carbocycles. The van der Waals surface area contributed by atoms with Crippen LogP contribution in [0, 0.1) is 0 Å². The fourth-order valence-electron chi connectivity index (χ4n) is 1.61. The van der Waals surface area contributed by atoms with Crippen LogP contribution in [-0.2, 0) is 10.0 Å². The first kappa shape index (κ1) is 16.5. The molecule has 0 aliphatic heterocycles. The van der Waals surface area contributed by atoms with Crippen LogP contribution in [-0.4, -0.2) is 27.0 Å². The van der Waals surface area contributed by atoms with Gasteiger partial charge in [-0.1, -0.05) is 12.1 Å². The average molecular weight is 302 g/mol. The van der Waals surface area contributed by atoms with Crippen molar-refractivity contribution in [3.63, 3.8) is 0 Å². The van der Waals surface area contributed by atoms with Crippen molar-refractivity contribution in [1.82, 2.24) is 4.72 Å². The summed E-state index contributed by atoms with van der Waals surface area (Å²) in [6.07, 6.45) is 3.93. The summed E-state index contributed by atoms with van der Waals surface area (Å²) >= 11 is 1.77. The molecule has 0 heterocycles. The quantitative estimate of drug-likeness (QED) is 0.722. The third-order valence-corrected chi connectivity index (χ3v) is 4.96. The zero-order valence-electron chi connectivity index (χ0n) is 11.4. The highest BCUT2D eigenvalue weighted by Crippen LogP contribution is 2.14. The van der Waals surface area contributed by atoms with Gasteiger partial charge in [0, 0.05) is 12.6 Å². The van der Waals surface area contributed by atoms with Crippen LogP contribution < -0.4 is 10.5 Å². The topological polar surface area (TPSA) is 72.2 Å². The van der Waals surface area contributed by atoms with Crippen LogP contribution in [0.15, 0.2) is 29.2 Å². The lowest BCUT2D eigenvalue weighted by molar-refractivity contribution is 0.578. The van der Waals surface area contributed by atoms with Crippen molar-refractivity contribution in [1.29, 1.82) is 0 Å². The minimum atomic E-state index is -3.39. The monoisotopic (exact) mass is 302 g/mol. The highest BCUT2D eigenvalue weighted by molar-refractivity contribution is 7.98. The molecule has 0 saturated heterocycles. The van der Waals surface area contributed by atoms with Crippen LogP contribution >= 0.6 is 11.8 Å². The Hall–Kier alpha value is -0.560. The number of benzene rings is 1. The second-order valence-corrected chi connectivity index (χ2v) is 7.21. The number of hydrogen-bond donors (Lipinski definition) is 2. The number of rotatable bonds is 8. The second kappa shape index (κ2) is 7.89. The molecule has 0 aromatic heterocycles. The summed E-state index contributed by atoms with van der Waals surface area (Å²) in [5.41, 5.74) is 6.66. The highest BCUT2D eigenvalue weighted by atomic mass is 32.2. The largest absolute Gasteiger partial charge is 0.324 e. The van der Waals surface area contributed by atoms with Gasteiger partial charge in [0.2, 0.25) is 10.0 Å². The van der Waals surface area contributed by atoms with Crippen molar-refractivity contribution in [3.8, 4) is 0 Å². The van der Waals surface area contributed by atoms with Crippen molar-refractivity contribution in [2.24, 2.45) is 5.73 Å². The van der Waals surface area contributed by atoms with E-state index in [0.29, 0.717) is 11.4 Å². The van der Waals surface area contributed by atoms with Crippen LogP contribution in [0.5, 0.6) is 0 Å². The lowest BCUT2D eigenvalue weighted by atomic mass is 10.1. The van der Waals surface area contributed by atoms with E-state index in [9.17, 15) is 8.42 Å². The Morgan fingerprint density at radius 3 is 2.42 bits per heavy atom. The maximum absolute atomic E-state index is 12.0. The molecule has 6 heteroatoms. The molecule has 1 rings (SSSR count). The van der Waals surface area contributed by atoms with Crippen molar-refractivity contribution in [3.05, 3.63) is 29.8 Å². The zero-order valence-corrected chi connectivity index (χ0v) is 13.1. The normalized spacial score (nSPS) is 13.4. The van der Waals surface area contributed by atoms with Crippen molar-refractivity contribution < 1.29 is 8.42 Å². The standard InChI is InChI=1S/C13H22N2O2S2/c1-11(14)12-5-7-13(8-6-12)19(16,17)15-9-3-4-10-18-2/h5-8,11,15H,3-4,9-10,14H2,1-2H3. The third kappa shape index (κ3) is 5.52. The van der Waals surface area contributed by atoms with E-state index in [0.717, 1.165) is 24.2 Å². The number of nitrogens with one attached hydrogen (secondary N) is 1. The number of unbranched alkanes of at least 4 members (excludes halogenated alkanes) is 1. The Morgan fingerprint density at radius 1 is 1.26 bits per heavy atom. The fraction of sp³-hybridized carbons (Fsp3) is 0.538. The van der Waals surface area contributed by atoms with E-state index < -0.39 is 10.0 Å². The number of thioether (sulfide) groups is 1. The van der Waals surface area contributed by atoms with Gasteiger partial charge in [0.05, 0.1) is 4.90 Å². The maximum Gasteiger partial charge on any atom is 0.240 e. The van der Waals surface area contributed by atoms with Gasteiger partial charge < -0.3 is 5.73 Å². The molecule has 108 valence electrons. The van der Waals surface area contributed by atoms with Crippen molar-refractivity contribution in [2.45, 2.75) is 30.7 Å². The summed E-state index contributed by atoms with van der Waals surface area (Å²) in [5, 5.41) is 0. The van der Waals surface area contributed by atoms with E-state index in [-0.39, 0.29) is 6.04 Å². The van der Waals surface area contributed by atoms with Gasteiger partial charge in [0.15, 0.2) is 0 Å². The molecule has 0 spiro atoms. The highest BCUT2D eigenvalue weighted by Gasteiger charge is 2.13. The molecule has 1 atom stereocenters. The molecule has 1 unspecified atom stereocenters. The molecule has 4 nitrogen and oxygen atoms in total. The van der Waals surface area contributed by atoms with Crippen LogP contribution in [0.1, 0.15) is 31.4 Å². The van der Waals surface area contributed by atoms with Gasteiger partial charge >= 0.3 is 0 Å². The lowest BCUT2D eigenvalue weighted by Gasteiger charge is -2.09. The molecule has 0 aliphatic carbocycles. The van der Waals surface area contributed by atoms with E-state index in [1.54, 1.807) is 36.0 Å². The predicted octanol–water partition coefficient (Wildman–Crippen LogP) is 2.13. The van der Waals surface area contributed by atoms with E-state index in [1.807, 2.05) is 13.2 Å². The SMILES string of the molecule is CSCCCCNS(=O)(=O)c1ccc(C(C)N)cc1. The third-order valence-electron chi connectivity index (χ3n) is 2.78. The van der Waals surface area contributed by atoms with Crippen LogP contribution in [0.2, 0.25) is 0 Å². The summed E-state index contributed by atoms with van der Waals surface area (Å²) in [6.45, 7) is 2.35. The lowest BCUT2D eigenvalue weighted by Crippen LogP contribution is -2.25. The molecular weight excluding hydrogens is 280 g/mol. The van der Waals surface area contributed by atoms with Gasteiger partial charge in [-0.3, -0.25) is 0 Å². The molecule has 19 heavy (non-hydrogen) atoms. The minimum absolute atomic E-state index is 0.0868. The predicted molar refractivity (Wildman–Crippen MR) is 81.8 cm³/mol. The second-order valence-electron chi connectivity index (χ2n) is 4.46. The number of sulfonamides is 1. The van der Waals surface area contributed by atoms with E-state index in [2.05, 4.69) is 4.72 Å². The summed E-state index contributed by atoms with van der Waals surface area (Å²) in [4.78, 5) is 0.293. The van der Waals surface area contributed by atoms with Gasteiger partial charge in [-0.2, -0.15) is 11.8 Å². The number of hydrogen-bond acceptors (Lipinski definition) is 4. The summed E-state index contributed by atoms with van der Waals surface area (Å²) in [7, 11) is -3.39. The number of nitrogens with two attached hydrogens (primary N) is 1. The Balaban J connectivity index is 2.57. The maximum atomic E-state index is 12.0. The molecular formula is C13H22N2O2S2. The molecule has 0 saturated carbocycles. The van der Waals surface area contributed by atoms with Gasteiger partial charge in [-0.05, 0) is 49.5 Å². The van der Waals surface area contributed by atoms with E-state index in [4.69, 9.17) is 5.73 Å². The average Bonchev–Trinajstić information content (AvgIpc) is 2.38. The molecule has 0 fully saturated rings. The van der Waals surface area contributed by atoms with Crippen LogP contribution in [0.4, 0.5) is 0 Å². The summed E-state index contributed by atoms with van der Waals surface area (Å²) in [5.74, 6) is 1.06. The molecule has 0 bridgehead atoms. The van der Waals surface area contributed by atoms with E-state index in [1.165, 1.54) is 0 Å². The van der Waals surface area contributed by atoms with Gasteiger partial charge in [-0.15, -0.1) is 0 Å². The van der Waals surface area contributed by atoms with Crippen LogP contribution in [0.3, 0.4) is 0 Å². The molecule has 3 N–H and O–H groups in total. The Bertz CT molecular complexity index is 470. The Labute approximate surface area is 120 Å². The molecule has 0 radical (unpaired) electrons. The smallest absolute Gasteiger partial charge is 0.240 e. The fourth-order valence-corrected chi connectivity index (χ4v) is 3.18. The van der Waals surface area contributed by atoms with Crippen molar-refractivity contribution in [2.75, 3.05) is 18.6 Å². The van der Waals surface area contributed by atoms with Gasteiger partial charge in [0.25, 0.3) is 0 Å². The first-order chi connectivity index (χ1) is 8.97. The zero-order chi connectivity index (χ0) is 14.3. The summed E-state index contributed by atoms with van der Waals surface area (Å²) in [6, 6.07) is 6.63. The minimum Gasteiger partial charge on any atom is -0.324 e. The van der Waals surface area contributed by atoms with Crippen LogP contribution in [0.25, 0.3) is 0 Å². The summed E-state index contributed by atoms with van der Waals surface area (Å²) < 4.78 is 26.6.